The lowest BCUT2D eigenvalue weighted by Crippen LogP contribution is -2.39. The molecule has 94 valence electrons. The summed E-state index contributed by atoms with van der Waals surface area (Å²) in [6.07, 6.45) is 1.65. The number of nitrogens with one attached hydrogen (secondary N) is 1. The highest BCUT2D eigenvalue weighted by Crippen LogP contribution is 2.14. The molecule has 0 aliphatic heterocycles. The van der Waals surface area contributed by atoms with Gasteiger partial charge in [-0.1, -0.05) is 0 Å². The Kier molecular flexibility index (Phi) is 4.25. The van der Waals surface area contributed by atoms with Gasteiger partial charge in [0, 0.05) is 24.8 Å². The zero-order valence-corrected chi connectivity index (χ0v) is 10.7. The van der Waals surface area contributed by atoms with Gasteiger partial charge >= 0.3 is 0 Å². The molecule has 6 heteroatoms. The summed E-state index contributed by atoms with van der Waals surface area (Å²) in [5, 5.41) is 2.82. The second-order valence-electron chi connectivity index (χ2n) is 4.31. The van der Waals surface area contributed by atoms with Crippen molar-refractivity contribution in [2.75, 3.05) is 24.2 Å². The van der Waals surface area contributed by atoms with Gasteiger partial charge in [0.15, 0.2) is 0 Å². The van der Waals surface area contributed by atoms with Crippen molar-refractivity contribution in [3.05, 3.63) is 11.8 Å². The summed E-state index contributed by atoms with van der Waals surface area (Å²) in [5.41, 5.74) is 6.42. The number of hydrogen-bond donors (Lipinski definition) is 2. The quantitative estimate of drug-likeness (QED) is 0.788. The van der Waals surface area contributed by atoms with Crippen LogP contribution in [0.15, 0.2) is 6.20 Å². The fraction of sp³-hybridized carbons (Fsp3) is 0.545. The van der Waals surface area contributed by atoms with Gasteiger partial charge in [-0.25, -0.2) is 4.98 Å². The normalized spacial score (nSPS) is 10.4. The number of nitrogens with two attached hydrogens (primary N) is 1. The number of carbonyl (C=O) groups is 1. The van der Waals surface area contributed by atoms with Crippen LogP contribution in [0.25, 0.3) is 0 Å². The van der Waals surface area contributed by atoms with Gasteiger partial charge < -0.3 is 16.0 Å². The molecule has 17 heavy (non-hydrogen) atoms. The van der Waals surface area contributed by atoms with Gasteiger partial charge in [0.2, 0.25) is 11.9 Å². The summed E-state index contributed by atoms with van der Waals surface area (Å²) in [6, 6.07) is 0.132. The molecule has 3 N–H and O–H groups in total. The van der Waals surface area contributed by atoms with Crippen molar-refractivity contribution in [3.8, 4) is 0 Å². The monoisotopic (exact) mass is 237 g/mol. The maximum Gasteiger partial charge on any atom is 0.239 e. The van der Waals surface area contributed by atoms with Crippen molar-refractivity contribution >= 4 is 17.7 Å². The Bertz CT molecular complexity index is 405. The number of aromatic nitrogens is 2. The van der Waals surface area contributed by atoms with Gasteiger partial charge in [-0.2, -0.15) is 4.98 Å². The first-order valence-electron chi connectivity index (χ1n) is 5.49. The topological polar surface area (TPSA) is 84.1 Å². The zero-order valence-electron chi connectivity index (χ0n) is 10.7. The van der Waals surface area contributed by atoms with E-state index in [1.807, 2.05) is 20.8 Å². The molecule has 1 aromatic heterocycles. The lowest BCUT2D eigenvalue weighted by atomic mass is 10.3. The minimum Gasteiger partial charge on any atom is -0.368 e. The number of aryl methyl sites for hydroxylation is 1. The van der Waals surface area contributed by atoms with E-state index in [9.17, 15) is 4.79 Å². The van der Waals surface area contributed by atoms with Gasteiger partial charge in [0.1, 0.15) is 5.82 Å². The van der Waals surface area contributed by atoms with Crippen LogP contribution in [-0.2, 0) is 4.79 Å². The van der Waals surface area contributed by atoms with Gasteiger partial charge in [-0.15, -0.1) is 0 Å². The first-order chi connectivity index (χ1) is 7.90. The second-order valence-corrected chi connectivity index (χ2v) is 4.31. The van der Waals surface area contributed by atoms with Crippen LogP contribution in [0.2, 0.25) is 0 Å². The number of likely N-dealkylation sites (N-methyl/N-ethyl adjacent to an activating group) is 1. The van der Waals surface area contributed by atoms with Crippen LogP contribution in [0, 0.1) is 6.92 Å². The lowest BCUT2D eigenvalue weighted by Gasteiger charge is -2.20. The fourth-order valence-electron chi connectivity index (χ4n) is 1.49. The van der Waals surface area contributed by atoms with Crippen molar-refractivity contribution in [2.45, 2.75) is 26.8 Å². The van der Waals surface area contributed by atoms with Crippen LogP contribution in [0.3, 0.4) is 0 Å². The number of rotatable bonds is 4. The predicted molar refractivity (Wildman–Crippen MR) is 67.7 cm³/mol. The average Bonchev–Trinajstić information content (AvgIpc) is 2.20. The molecule has 1 rings (SSSR count). The standard InChI is InChI=1S/C11H19N5O/c1-7(2)14-9(17)6-16(4)10-8(3)5-13-11(12)15-10/h5,7H,6H2,1-4H3,(H,14,17)(H2,12,13,15). The van der Waals surface area contributed by atoms with Crippen molar-refractivity contribution in [1.29, 1.82) is 0 Å². The molecule has 0 spiro atoms. The Morgan fingerprint density at radius 1 is 1.59 bits per heavy atom. The van der Waals surface area contributed by atoms with Crippen LogP contribution in [-0.4, -0.2) is 35.5 Å². The minimum absolute atomic E-state index is 0.0425. The Balaban J connectivity index is 2.72. The van der Waals surface area contributed by atoms with E-state index in [4.69, 9.17) is 5.73 Å². The maximum atomic E-state index is 11.6. The highest BCUT2D eigenvalue weighted by atomic mass is 16.2. The third-order valence-corrected chi connectivity index (χ3v) is 2.16. The predicted octanol–water partition coefficient (Wildman–Crippen LogP) is 0.328. The molecule has 1 aromatic rings. The molecule has 0 atom stereocenters. The van der Waals surface area contributed by atoms with Crippen LogP contribution in [0.5, 0.6) is 0 Å². The minimum atomic E-state index is -0.0425. The third kappa shape index (κ3) is 3.90. The largest absolute Gasteiger partial charge is 0.368 e. The van der Waals surface area contributed by atoms with Crippen LogP contribution >= 0.6 is 0 Å². The maximum absolute atomic E-state index is 11.6. The van der Waals surface area contributed by atoms with E-state index < -0.39 is 0 Å². The lowest BCUT2D eigenvalue weighted by molar-refractivity contribution is -0.120. The zero-order chi connectivity index (χ0) is 13.0. The van der Waals surface area contributed by atoms with E-state index >= 15 is 0 Å². The van der Waals surface area contributed by atoms with E-state index in [1.54, 1.807) is 18.1 Å². The first kappa shape index (κ1) is 13.2. The third-order valence-electron chi connectivity index (χ3n) is 2.16. The van der Waals surface area contributed by atoms with Crippen molar-refractivity contribution < 1.29 is 4.79 Å². The SMILES string of the molecule is Cc1cnc(N)nc1N(C)CC(=O)NC(C)C. The number of anilines is 2. The van der Waals surface area contributed by atoms with Gasteiger partial charge in [0.25, 0.3) is 0 Å². The molecular formula is C11H19N5O. The smallest absolute Gasteiger partial charge is 0.239 e. The van der Waals surface area contributed by atoms with Crippen LogP contribution in [0.4, 0.5) is 11.8 Å². The van der Waals surface area contributed by atoms with Crippen LogP contribution < -0.4 is 16.0 Å². The fourth-order valence-corrected chi connectivity index (χ4v) is 1.49. The van der Waals surface area contributed by atoms with Crippen molar-refractivity contribution in [1.82, 2.24) is 15.3 Å². The summed E-state index contributed by atoms with van der Waals surface area (Å²) < 4.78 is 0. The van der Waals surface area contributed by atoms with E-state index in [1.165, 1.54) is 0 Å². The molecule has 0 aliphatic carbocycles. The molecule has 1 heterocycles. The second kappa shape index (κ2) is 5.47. The summed E-state index contributed by atoms with van der Waals surface area (Å²) in [5.74, 6) is 0.845. The molecule has 0 bridgehead atoms. The number of nitrogens with zero attached hydrogens (tertiary/aromatic N) is 3. The molecule has 6 nitrogen and oxygen atoms in total. The Morgan fingerprint density at radius 2 is 2.24 bits per heavy atom. The molecule has 0 radical (unpaired) electrons. The number of nitrogen functional groups attached to an aromatic ring is 1. The molecule has 0 unspecified atom stereocenters. The van der Waals surface area contributed by atoms with Gasteiger partial charge in [-0.05, 0) is 20.8 Å². The number of carbonyl (C=O) groups excluding carboxylic acids is 1. The van der Waals surface area contributed by atoms with Crippen molar-refractivity contribution in [2.24, 2.45) is 0 Å². The molecular weight excluding hydrogens is 218 g/mol. The average molecular weight is 237 g/mol. The van der Waals surface area contributed by atoms with E-state index in [-0.39, 0.29) is 24.4 Å². The molecule has 0 fully saturated rings. The van der Waals surface area contributed by atoms with Crippen LogP contribution in [0.1, 0.15) is 19.4 Å². The molecule has 0 aromatic carbocycles. The highest BCUT2D eigenvalue weighted by Gasteiger charge is 2.12. The van der Waals surface area contributed by atoms with E-state index in [0.717, 1.165) is 5.56 Å². The summed E-state index contributed by atoms with van der Waals surface area (Å²) in [6.45, 7) is 5.97. The first-order valence-corrected chi connectivity index (χ1v) is 5.49. The van der Waals surface area contributed by atoms with Crippen molar-refractivity contribution in [3.63, 3.8) is 0 Å². The molecule has 0 aliphatic rings. The van der Waals surface area contributed by atoms with E-state index in [0.29, 0.717) is 5.82 Å². The molecule has 0 saturated carbocycles. The summed E-state index contributed by atoms with van der Waals surface area (Å²) >= 11 is 0. The molecule has 1 amide bonds. The Morgan fingerprint density at radius 3 is 2.82 bits per heavy atom. The van der Waals surface area contributed by atoms with Gasteiger partial charge in [-0.3, -0.25) is 4.79 Å². The van der Waals surface area contributed by atoms with E-state index in [2.05, 4.69) is 15.3 Å². The number of hydrogen-bond acceptors (Lipinski definition) is 5. The molecule has 0 saturated heterocycles. The summed E-state index contributed by atoms with van der Waals surface area (Å²) in [4.78, 5) is 21.4. The Hall–Kier alpha value is -1.85. The Labute approximate surface area is 101 Å². The highest BCUT2D eigenvalue weighted by molar-refractivity contribution is 5.81. The number of amides is 1. The van der Waals surface area contributed by atoms with Gasteiger partial charge in [0.05, 0.1) is 6.54 Å². The summed E-state index contributed by atoms with van der Waals surface area (Å²) in [7, 11) is 1.80.